The second kappa shape index (κ2) is 7.48. The van der Waals surface area contributed by atoms with Crippen LogP contribution in [0.25, 0.3) is 0 Å². The number of esters is 1. The highest BCUT2D eigenvalue weighted by atomic mass is 16.6. The normalized spacial score (nSPS) is 11.8. The summed E-state index contributed by atoms with van der Waals surface area (Å²) in [7, 11) is 1.21. The molecule has 0 aliphatic rings. The standard InChI is InChI=1S/C10H17NO6/c1-6(2)17-10(15)11-7(9(13)14)4-5-8(12)16-3/h6-7H,4-5H2,1-3H3,(H,11,15)(H,13,14)/t7-/m1/s1. The van der Waals surface area contributed by atoms with Crippen molar-refractivity contribution >= 4 is 18.0 Å². The predicted molar refractivity (Wildman–Crippen MR) is 57.4 cm³/mol. The molecule has 17 heavy (non-hydrogen) atoms. The number of amides is 1. The van der Waals surface area contributed by atoms with Crippen molar-refractivity contribution < 1.29 is 29.0 Å². The summed E-state index contributed by atoms with van der Waals surface area (Å²) < 4.78 is 9.11. The molecule has 98 valence electrons. The molecule has 0 radical (unpaired) electrons. The topological polar surface area (TPSA) is 102 Å². The van der Waals surface area contributed by atoms with E-state index in [1.807, 2.05) is 0 Å². The third kappa shape index (κ3) is 7.15. The number of carbonyl (C=O) groups excluding carboxylic acids is 2. The minimum Gasteiger partial charge on any atom is -0.480 e. The second-order valence-electron chi connectivity index (χ2n) is 3.60. The lowest BCUT2D eigenvalue weighted by Crippen LogP contribution is -2.42. The number of hydrogen-bond acceptors (Lipinski definition) is 5. The number of rotatable bonds is 6. The Hall–Kier alpha value is -1.79. The number of carboxylic acid groups (broad SMARTS) is 1. The van der Waals surface area contributed by atoms with E-state index in [1.165, 1.54) is 7.11 Å². The predicted octanol–water partition coefficient (Wildman–Crippen LogP) is 0.527. The fourth-order valence-electron chi connectivity index (χ4n) is 1.01. The molecule has 0 fully saturated rings. The molecular formula is C10H17NO6. The van der Waals surface area contributed by atoms with Crippen LogP contribution in [0.15, 0.2) is 0 Å². The van der Waals surface area contributed by atoms with Crippen molar-refractivity contribution in [3.63, 3.8) is 0 Å². The molecule has 7 heteroatoms. The van der Waals surface area contributed by atoms with E-state index in [9.17, 15) is 14.4 Å². The number of carbonyl (C=O) groups is 3. The lowest BCUT2D eigenvalue weighted by atomic mass is 10.1. The molecule has 0 aromatic carbocycles. The van der Waals surface area contributed by atoms with Gasteiger partial charge < -0.3 is 19.9 Å². The molecule has 0 unspecified atom stereocenters. The summed E-state index contributed by atoms with van der Waals surface area (Å²) >= 11 is 0. The number of hydrogen-bond donors (Lipinski definition) is 2. The molecule has 7 nitrogen and oxygen atoms in total. The first-order valence-electron chi connectivity index (χ1n) is 5.13. The highest BCUT2D eigenvalue weighted by molar-refractivity contribution is 5.80. The number of methoxy groups -OCH3 is 1. The summed E-state index contributed by atoms with van der Waals surface area (Å²) in [6.45, 7) is 3.29. The maximum atomic E-state index is 11.2. The average Bonchev–Trinajstić information content (AvgIpc) is 2.22. The van der Waals surface area contributed by atoms with Crippen LogP contribution < -0.4 is 5.32 Å². The highest BCUT2D eigenvalue weighted by Crippen LogP contribution is 2.01. The van der Waals surface area contributed by atoms with Crippen LogP contribution in [0.4, 0.5) is 4.79 Å². The van der Waals surface area contributed by atoms with Crippen LogP contribution in [-0.4, -0.2) is 42.4 Å². The van der Waals surface area contributed by atoms with E-state index in [2.05, 4.69) is 10.1 Å². The number of alkyl carbamates (subject to hydrolysis) is 1. The Morgan fingerprint density at radius 1 is 1.29 bits per heavy atom. The first-order chi connectivity index (χ1) is 7.86. The molecule has 0 heterocycles. The molecule has 0 aromatic heterocycles. The van der Waals surface area contributed by atoms with Gasteiger partial charge in [0.05, 0.1) is 13.2 Å². The zero-order valence-electron chi connectivity index (χ0n) is 10.1. The van der Waals surface area contributed by atoms with Crippen molar-refractivity contribution in [3.8, 4) is 0 Å². The van der Waals surface area contributed by atoms with E-state index in [0.717, 1.165) is 0 Å². The van der Waals surface area contributed by atoms with Crippen molar-refractivity contribution in [3.05, 3.63) is 0 Å². The zero-order chi connectivity index (χ0) is 13.4. The van der Waals surface area contributed by atoms with E-state index in [-0.39, 0.29) is 18.9 Å². The van der Waals surface area contributed by atoms with Gasteiger partial charge in [-0.3, -0.25) is 4.79 Å². The van der Waals surface area contributed by atoms with Crippen LogP contribution in [0.1, 0.15) is 26.7 Å². The summed E-state index contributed by atoms with van der Waals surface area (Å²) in [5, 5.41) is 11.0. The molecule has 0 aliphatic heterocycles. The minimum absolute atomic E-state index is 0.0464. The number of nitrogens with one attached hydrogen (secondary N) is 1. The first-order valence-corrected chi connectivity index (χ1v) is 5.13. The van der Waals surface area contributed by atoms with E-state index in [1.54, 1.807) is 13.8 Å². The van der Waals surface area contributed by atoms with Gasteiger partial charge in [-0.25, -0.2) is 9.59 Å². The molecule has 0 bridgehead atoms. The fraction of sp³-hybridized carbons (Fsp3) is 0.700. The maximum absolute atomic E-state index is 11.2. The van der Waals surface area contributed by atoms with Gasteiger partial charge in [-0.15, -0.1) is 0 Å². The Balaban J connectivity index is 4.20. The molecule has 0 saturated carbocycles. The SMILES string of the molecule is COC(=O)CC[C@@H](NC(=O)OC(C)C)C(=O)O. The molecule has 0 spiro atoms. The lowest BCUT2D eigenvalue weighted by molar-refractivity contribution is -0.142. The molecule has 2 N–H and O–H groups in total. The van der Waals surface area contributed by atoms with Gasteiger partial charge in [0.2, 0.25) is 0 Å². The van der Waals surface area contributed by atoms with Crippen LogP contribution in [0.2, 0.25) is 0 Å². The summed E-state index contributed by atoms with van der Waals surface area (Å²) in [5.41, 5.74) is 0. The van der Waals surface area contributed by atoms with Crippen LogP contribution in [0, 0.1) is 0 Å². The van der Waals surface area contributed by atoms with Crippen molar-refractivity contribution in [2.24, 2.45) is 0 Å². The van der Waals surface area contributed by atoms with Gasteiger partial charge >= 0.3 is 18.0 Å². The van der Waals surface area contributed by atoms with Gasteiger partial charge in [-0.05, 0) is 20.3 Å². The van der Waals surface area contributed by atoms with Crippen LogP contribution in [0.3, 0.4) is 0 Å². The molecule has 0 aromatic rings. The Morgan fingerprint density at radius 2 is 1.88 bits per heavy atom. The van der Waals surface area contributed by atoms with Crippen molar-refractivity contribution in [1.29, 1.82) is 0 Å². The minimum atomic E-state index is -1.23. The van der Waals surface area contributed by atoms with E-state index in [0.29, 0.717) is 0 Å². The first kappa shape index (κ1) is 15.2. The van der Waals surface area contributed by atoms with Crippen molar-refractivity contribution in [2.45, 2.75) is 38.8 Å². The molecule has 0 rings (SSSR count). The number of aliphatic carboxylic acids is 1. The number of ether oxygens (including phenoxy) is 2. The Kier molecular flexibility index (Phi) is 6.69. The maximum Gasteiger partial charge on any atom is 0.408 e. The van der Waals surface area contributed by atoms with E-state index >= 15 is 0 Å². The van der Waals surface area contributed by atoms with E-state index < -0.39 is 24.1 Å². The van der Waals surface area contributed by atoms with Gasteiger partial charge in [0.15, 0.2) is 0 Å². The number of carboxylic acids is 1. The molecule has 1 atom stereocenters. The molecule has 0 saturated heterocycles. The lowest BCUT2D eigenvalue weighted by Gasteiger charge is -2.15. The third-order valence-electron chi connectivity index (χ3n) is 1.80. The Labute approximate surface area is 99.1 Å². The average molecular weight is 247 g/mol. The van der Waals surface area contributed by atoms with Crippen molar-refractivity contribution in [1.82, 2.24) is 5.32 Å². The Morgan fingerprint density at radius 3 is 2.29 bits per heavy atom. The molecule has 0 aliphatic carbocycles. The van der Waals surface area contributed by atoms with Gasteiger partial charge in [-0.2, -0.15) is 0 Å². The van der Waals surface area contributed by atoms with Crippen molar-refractivity contribution in [2.75, 3.05) is 7.11 Å². The van der Waals surface area contributed by atoms with Gasteiger partial charge in [-0.1, -0.05) is 0 Å². The second-order valence-corrected chi connectivity index (χ2v) is 3.60. The smallest absolute Gasteiger partial charge is 0.408 e. The van der Waals surface area contributed by atoms with Crippen LogP contribution in [-0.2, 0) is 19.1 Å². The van der Waals surface area contributed by atoms with Gasteiger partial charge in [0.25, 0.3) is 0 Å². The third-order valence-corrected chi connectivity index (χ3v) is 1.80. The van der Waals surface area contributed by atoms with E-state index in [4.69, 9.17) is 9.84 Å². The summed E-state index contributed by atoms with van der Waals surface area (Å²) in [4.78, 5) is 32.8. The molecule has 1 amide bonds. The Bertz CT molecular complexity index is 289. The fourth-order valence-corrected chi connectivity index (χ4v) is 1.01. The van der Waals surface area contributed by atoms with Crippen LogP contribution >= 0.6 is 0 Å². The summed E-state index contributed by atoms with van der Waals surface area (Å²) in [6.07, 6.45) is -1.30. The zero-order valence-corrected chi connectivity index (χ0v) is 10.1. The monoisotopic (exact) mass is 247 g/mol. The largest absolute Gasteiger partial charge is 0.480 e. The van der Waals surface area contributed by atoms with Gasteiger partial charge in [0, 0.05) is 6.42 Å². The quantitative estimate of drug-likeness (QED) is 0.664. The van der Waals surface area contributed by atoms with Gasteiger partial charge in [0.1, 0.15) is 6.04 Å². The highest BCUT2D eigenvalue weighted by Gasteiger charge is 2.22. The molecular weight excluding hydrogens is 230 g/mol. The summed E-state index contributed by atoms with van der Waals surface area (Å²) in [5.74, 6) is -1.76. The summed E-state index contributed by atoms with van der Waals surface area (Å²) in [6, 6.07) is -1.17. The van der Waals surface area contributed by atoms with Crippen LogP contribution in [0.5, 0.6) is 0 Å².